The van der Waals surface area contributed by atoms with Crippen molar-refractivity contribution < 1.29 is 23.4 Å². The van der Waals surface area contributed by atoms with Crippen LogP contribution in [0, 0.1) is 5.92 Å². The van der Waals surface area contributed by atoms with Crippen LogP contribution in [0.15, 0.2) is 0 Å². The third kappa shape index (κ3) is 6.34. The van der Waals surface area contributed by atoms with Crippen LogP contribution < -0.4 is 0 Å². The van der Waals surface area contributed by atoms with Gasteiger partial charge in [-0.2, -0.15) is 0 Å². The normalized spacial score (nSPS) is 28.0. The minimum Gasteiger partial charge on any atom is -0.395 e. The topological polar surface area (TPSA) is 57.2 Å². The van der Waals surface area contributed by atoms with Gasteiger partial charge in [0.05, 0.1) is 17.9 Å². The molecule has 0 heterocycles. The van der Waals surface area contributed by atoms with Gasteiger partial charge in [-0.25, -0.2) is 0 Å². The Morgan fingerprint density at radius 2 is 1.76 bits per heavy atom. The summed E-state index contributed by atoms with van der Waals surface area (Å²) in [7, 11) is -0.0609. The van der Waals surface area contributed by atoms with Crippen LogP contribution in [0.25, 0.3) is 0 Å². The summed E-state index contributed by atoms with van der Waals surface area (Å²) in [5.41, 5.74) is 0.0624. The number of aliphatic hydroxyl groups excluding tert-OH is 1. The lowest BCUT2D eigenvalue weighted by molar-refractivity contribution is -0.0717. The van der Waals surface area contributed by atoms with Crippen molar-refractivity contribution in [3.8, 4) is 0 Å². The Kier molecular flexibility index (Phi) is 9.71. The van der Waals surface area contributed by atoms with Crippen LogP contribution in [0.5, 0.6) is 0 Å². The molecule has 0 spiro atoms. The molecule has 4 unspecified atom stereocenters. The summed E-state index contributed by atoms with van der Waals surface area (Å²) in [4.78, 5) is 0. The molecule has 21 heavy (non-hydrogen) atoms. The molecule has 0 amide bonds. The van der Waals surface area contributed by atoms with Gasteiger partial charge >= 0.3 is 9.28 Å². The van der Waals surface area contributed by atoms with Crippen LogP contribution in [-0.4, -0.2) is 59.3 Å². The lowest BCUT2D eigenvalue weighted by atomic mass is 9.83. The van der Waals surface area contributed by atoms with E-state index < -0.39 is 9.28 Å². The predicted molar refractivity (Wildman–Crippen MR) is 84.6 cm³/mol. The van der Waals surface area contributed by atoms with Gasteiger partial charge in [-0.05, 0) is 52.4 Å². The van der Waals surface area contributed by atoms with Gasteiger partial charge in [-0.3, -0.25) is 0 Å². The van der Waals surface area contributed by atoms with Crippen LogP contribution in [0.2, 0.25) is 0 Å². The zero-order chi connectivity index (χ0) is 15.7. The van der Waals surface area contributed by atoms with Gasteiger partial charge in [0.25, 0.3) is 0 Å². The van der Waals surface area contributed by atoms with Gasteiger partial charge in [0.1, 0.15) is 0 Å². The molecular weight excluding hydrogens is 288 g/mol. The number of ether oxygens (including phenoxy) is 2. The first kappa shape index (κ1) is 19.1. The lowest BCUT2D eigenvalue weighted by Crippen LogP contribution is -2.42. The Bertz CT molecular complexity index is 260. The summed E-state index contributed by atoms with van der Waals surface area (Å²) >= 11 is 0. The molecule has 0 saturated heterocycles. The van der Waals surface area contributed by atoms with Crippen LogP contribution in [0.3, 0.4) is 0 Å². The second-order valence-electron chi connectivity index (χ2n) is 5.53. The highest BCUT2D eigenvalue weighted by atomic mass is 28.3. The number of methoxy groups -OCH3 is 1. The minimum absolute atomic E-state index is 0.0365. The molecule has 0 aromatic heterocycles. The Labute approximate surface area is 130 Å². The fourth-order valence-electron chi connectivity index (χ4n) is 3.04. The fourth-order valence-corrected chi connectivity index (χ4v) is 5.05. The molecule has 126 valence electrons. The maximum atomic E-state index is 9.99. The van der Waals surface area contributed by atoms with E-state index in [1.54, 1.807) is 7.11 Å². The molecular formula is C15H32O5Si. The summed E-state index contributed by atoms with van der Waals surface area (Å²) in [6, 6.07) is 0. The summed E-state index contributed by atoms with van der Waals surface area (Å²) in [5, 5.41) is 9.99. The number of hydrogen-bond acceptors (Lipinski definition) is 5. The van der Waals surface area contributed by atoms with Crippen LogP contribution in [0.4, 0.5) is 0 Å². The van der Waals surface area contributed by atoms with Gasteiger partial charge in [-0.1, -0.05) is 0 Å². The molecule has 1 aliphatic rings. The molecule has 0 aromatic carbocycles. The zero-order valence-electron chi connectivity index (χ0n) is 13.9. The molecule has 0 aromatic rings. The van der Waals surface area contributed by atoms with E-state index in [9.17, 15) is 5.11 Å². The van der Waals surface area contributed by atoms with E-state index in [1.165, 1.54) is 0 Å². The van der Waals surface area contributed by atoms with Crippen molar-refractivity contribution in [2.24, 2.45) is 5.92 Å². The number of aliphatic hydroxyl groups is 1. The molecule has 0 bridgehead atoms. The van der Waals surface area contributed by atoms with Crippen LogP contribution in [-0.2, 0) is 18.3 Å². The summed E-state index contributed by atoms with van der Waals surface area (Å²) in [5.74, 6) is 0.505. The highest BCUT2D eigenvalue weighted by Gasteiger charge is 2.34. The van der Waals surface area contributed by atoms with Crippen molar-refractivity contribution in [1.29, 1.82) is 0 Å². The van der Waals surface area contributed by atoms with Crippen LogP contribution >= 0.6 is 0 Å². The van der Waals surface area contributed by atoms with Crippen LogP contribution in [0.1, 0.15) is 46.5 Å². The molecule has 1 fully saturated rings. The Morgan fingerprint density at radius 1 is 1.10 bits per heavy atom. The first-order chi connectivity index (χ1) is 10.2. The van der Waals surface area contributed by atoms with E-state index in [-0.39, 0.29) is 17.9 Å². The second kappa shape index (κ2) is 10.7. The largest absolute Gasteiger partial charge is 0.395 e. The van der Waals surface area contributed by atoms with E-state index in [2.05, 4.69) is 0 Å². The van der Waals surface area contributed by atoms with E-state index in [0.717, 1.165) is 25.7 Å². The molecule has 1 aliphatic carbocycles. The predicted octanol–water partition coefficient (Wildman–Crippen LogP) is 1.79. The first-order valence-electron chi connectivity index (χ1n) is 8.21. The fraction of sp³-hybridized carbons (Fsp3) is 1.00. The minimum atomic E-state index is -1.80. The maximum absolute atomic E-state index is 9.99. The SMILES string of the molecule is CCOC1CC(CC(OC)[SiH](OCC)OCC)CCC1O. The van der Waals surface area contributed by atoms with E-state index >= 15 is 0 Å². The molecule has 0 aliphatic heterocycles. The monoisotopic (exact) mass is 320 g/mol. The zero-order valence-corrected chi connectivity index (χ0v) is 15.1. The van der Waals surface area contributed by atoms with Crippen molar-refractivity contribution in [3.63, 3.8) is 0 Å². The third-order valence-electron chi connectivity index (χ3n) is 4.08. The van der Waals surface area contributed by atoms with Crippen molar-refractivity contribution in [2.45, 2.75) is 64.4 Å². The van der Waals surface area contributed by atoms with E-state index in [0.29, 0.717) is 25.7 Å². The molecule has 0 radical (unpaired) electrons. The molecule has 1 saturated carbocycles. The summed E-state index contributed by atoms with van der Waals surface area (Å²) in [6.07, 6.45) is 3.29. The van der Waals surface area contributed by atoms with Gasteiger partial charge in [0, 0.05) is 26.9 Å². The highest BCUT2D eigenvalue weighted by Crippen LogP contribution is 2.31. The van der Waals surface area contributed by atoms with Crippen molar-refractivity contribution in [1.82, 2.24) is 0 Å². The van der Waals surface area contributed by atoms with Gasteiger partial charge in [0.15, 0.2) is 0 Å². The Balaban J connectivity index is 2.54. The maximum Gasteiger partial charge on any atom is 0.351 e. The molecule has 1 rings (SSSR count). The smallest absolute Gasteiger partial charge is 0.351 e. The van der Waals surface area contributed by atoms with E-state index in [4.69, 9.17) is 18.3 Å². The number of rotatable bonds is 10. The van der Waals surface area contributed by atoms with Crippen molar-refractivity contribution in [3.05, 3.63) is 0 Å². The molecule has 5 nitrogen and oxygen atoms in total. The molecule has 4 atom stereocenters. The third-order valence-corrected chi connectivity index (χ3v) is 6.56. The first-order valence-corrected chi connectivity index (χ1v) is 9.82. The highest BCUT2D eigenvalue weighted by molar-refractivity contribution is 6.46. The quantitative estimate of drug-likeness (QED) is 0.622. The summed E-state index contributed by atoms with van der Waals surface area (Å²) in [6.45, 7) is 7.95. The standard InChI is InChI=1S/C15H32O5Si/c1-5-18-14-10-12(8-9-13(14)16)11-15(17-4)21(19-6-2)20-7-3/h12-16,21H,5-11H2,1-4H3. The molecule has 1 N–H and O–H groups in total. The van der Waals surface area contributed by atoms with Crippen molar-refractivity contribution >= 4 is 9.28 Å². The number of hydrogen-bond donors (Lipinski definition) is 1. The average Bonchev–Trinajstić information content (AvgIpc) is 2.48. The van der Waals surface area contributed by atoms with Crippen molar-refractivity contribution in [2.75, 3.05) is 26.9 Å². The molecule has 6 heteroatoms. The Morgan fingerprint density at radius 3 is 2.29 bits per heavy atom. The van der Waals surface area contributed by atoms with Gasteiger partial charge in [0.2, 0.25) is 0 Å². The second-order valence-corrected chi connectivity index (χ2v) is 7.68. The van der Waals surface area contributed by atoms with Gasteiger partial charge in [-0.15, -0.1) is 0 Å². The van der Waals surface area contributed by atoms with E-state index in [1.807, 2.05) is 20.8 Å². The lowest BCUT2D eigenvalue weighted by Gasteiger charge is -2.35. The summed E-state index contributed by atoms with van der Waals surface area (Å²) < 4.78 is 22.9. The van der Waals surface area contributed by atoms with Gasteiger partial charge < -0.3 is 23.4 Å². The average molecular weight is 321 g/mol. The Hall–Kier alpha value is 0.0169.